The van der Waals surface area contributed by atoms with Crippen LogP contribution >= 0.6 is 23.2 Å². The highest BCUT2D eigenvalue weighted by atomic mass is 35.5. The molecule has 1 aromatic carbocycles. The molecule has 0 unspecified atom stereocenters. The molecule has 23 heavy (non-hydrogen) atoms. The van der Waals surface area contributed by atoms with Gasteiger partial charge in [0, 0.05) is 19.1 Å². The molecule has 2 aromatic rings. The van der Waals surface area contributed by atoms with Gasteiger partial charge in [-0.25, -0.2) is 9.13 Å². The van der Waals surface area contributed by atoms with Crippen molar-refractivity contribution in [3.05, 3.63) is 28.0 Å². The molecule has 6 nitrogen and oxygen atoms in total. The SMILES string of the molecule is CCn1c(C)[n+](CCCCS(=O)(=O)O)c2cc(Cl)c(Cl)cc21.[OH-]. The van der Waals surface area contributed by atoms with E-state index in [1.807, 2.05) is 19.1 Å². The number of unbranched alkanes of at least 4 members (excludes halogenated alkanes) is 1. The monoisotopic (exact) mass is 382 g/mol. The summed E-state index contributed by atoms with van der Waals surface area (Å²) in [6, 6.07) is 3.69. The zero-order chi connectivity index (χ0) is 16.5. The van der Waals surface area contributed by atoms with Crippen molar-refractivity contribution in [2.24, 2.45) is 0 Å². The summed E-state index contributed by atoms with van der Waals surface area (Å²) in [5, 5.41) is 1.01. The summed E-state index contributed by atoms with van der Waals surface area (Å²) in [7, 11) is -3.90. The standard InChI is InChI=1S/C14H18Cl2N2O3S.H2O/c1-3-17-10(2)18(6-4-5-7-22(19,20)21)14-9-12(16)11(15)8-13(14)17;/h8-9H,3-7H2,1-2H3;1H2. The minimum atomic E-state index is -3.90. The highest BCUT2D eigenvalue weighted by Crippen LogP contribution is 2.27. The molecule has 1 heterocycles. The Balaban J connectivity index is 0.00000264. The largest absolute Gasteiger partial charge is 0.870 e. The maximum Gasteiger partial charge on any atom is 0.264 e. The number of benzene rings is 1. The zero-order valence-corrected chi connectivity index (χ0v) is 15.3. The molecule has 9 heteroatoms. The molecule has 0 aliphatic heterocycles. The zero-order valence-electron chi connectivity index (χ0n) is 13.0. The van der Waals surface area contributed by atoms with Crippen LogP contribution in [0.15, 0.2) is 12.1 Å². The van der Waals surface area contributed by atoms with Crippen molar-refractivity contribution < 1.29 is 23.0 Å². The van der Waals surface area contributed by atoms with E-state index in [2.05, 4.69) is 16.1 Å². The average Bonchev–Trinajstić information content (AvgIpc) is 2.66. The number of aryl methyl sites for hydroxylation is 2. The lowest BCUT2D eigenvalue weighted by atomic mass is 10.3. The highest BCUT2D eigenvalue weighted by Gasteiger charge is 2.22. The van der Waals surface area contributed by atoms with Gasteiger partial charge in [0.15, 0.2) is 11.0 Å². The van der Waals surface area contributed by atoms with Crippen LogP contribution in [0.25, 0.3) is 11.0 Å². The predicted molar refractivity (Wildman–Crippen MR) is 90.1 cm³/mol. The number of fused-ring (bicyclic) bond motifs is 1. The Bertz CT molecular complexity index is 803. The van der Waals surface area contributed by atoms with E-state index in [0.717, 1.165) is 23.4 Å². The second-order valence-electron chi connectivity index (χ2n) is 5.19. The molecule has 0 bridgehead atoms. The summed E-state index contributed by atoms with van der Waals surface area (Å²) >= 11 is 12.2. The molecule has 2 N–H and O–H groups in total. The molecule has 130 valence electrons. The summed E-state index contributed by atoms with van der Waals surface area (Å²) in [6.07, 6.45) is 1.06. The second kappa shape index (κ2) is 7.81. The van der Waals surface area contributed by atoms with Gasteiger partial charge in [0.1, 0.15) is 0 Å². The van der Waals surface area contributed by atoms with Gasteiger partial charge in [-0.05, 0) is 19.8 Å². The number of nitrogens with zero attached hydrogens (tertiary/aromatic N) is 2. The van der Waals surface area contributed by atoms with Crippen molar-refractivity contribution in [3.63, 3.8) is 0 Å². The third-order valence-corrected chi connectivity index (χ3v) is 5.26. The average molecular weight is 383 g/mol. The van der Waals surface area contributed by atoms with Gasteiger partial charge in [-0.2, -0.15) is 8.42 Å². The van der Waals surface area contributed by atoms with Gasteiger partial charge >= 0.3 is 0 Å². The van der Waals surface area contributed by atoms with E-state index in [4.69, 9.17) is 27.8 Å². The Morgan fingerprint density at radius 1 is 1.22 bits per heavy atom. The lowest BCUT2D eigenvalue weighted by molar-refractivity contribution is -0.678. The summed E-state index contributed by atoms with van der Waals surface area (Å²) in [5.41, 5.74) is 1.98. The normalized spacial score (nSPS) is 11.7. The molecule has 0 amide bonds. The lowest BCUT2D eigenvalue weighted by Gasteiger charge is -2.01. The van der Waals surface area contributed by atoms with Gasteiger partial charge in [0.05, 0.1) is 28.9 Å². The summed E-state index contributed by atoms with van der Waals surface area (Å²) in [5.74, 6) is 0.841. The highest BCUT2D eigenvalue weighted by molar-refractivity contribution is 7.85. The minimum Gasteiger partial charge on any atom is -0.870 e. The Morgan fingerprint density at radius 3 is 2.39 bits per heavy atom. The van der Waals surface area contributed by atoms with Crippen LogP contribution in [-0.4, -0.2) is 28.8 Å². The van der Waals surface area contributed by atoms with Crippen LogP contribution in [0.1, 0.15) is 25.6 Å². The van der Waals surface area contributed by atoms with E-state index in [1.165, 1.54) is 0 Å². The molecule has 2 rings (SSSR count). The van der Waals surface area contributed by atoms with Crippen LogP contribution in [0.4, 0.5) is 0 Å². The van der Waals surface area contributed by atoms with Crippen molar-refractivity contribution in [2.75, 3.05) is 5.75 Å². The molecular formula is C14H20Cl2N2O4S. The number of imidazole rings is 1. The predicted octanol–water partition coefficient (Wildman–Crippen LogP) is 3.06. The third kappa shape index (κ3) is 4.58. The van der Waals surface area contributed by atoms with Gasteiger partial charge in [-0.15, -0.1) is 0 Å². The van der Waals surface area contributed by atoms with Crippen LogP contribution in [0.5, 0.6) is 0 Å². The Morgan fingerprint density at radius 2 is 1.83 bits per heavy atom. The Labute approximate surface area is 145 Å². The first-order chi connectivity index (χ1) is 10.2. The van der Waals surface area contributed by atoms with Crippen LogP contribution in [0.2, 0.25) is 10.0 Å². The topological polar surface area (TPSA) is 93.2 Å². The molecular weight excluding hydrogens is 363 g/mol. The van der Waals surface area contributed by atoms with E-state index in [0.29, 0.717) is 29.4 Å². The van der Waals surface area contributed by atoms with E-state index in [-0.39, 0.29) is 11.2 Å². The molecule has 1 aromatic heterocycles. The fourth-order valence-corrected chi connectivity index (χ4v) is 3.57. The molecule has 0 saturated heterocycles. The molecule has 0 aliphatic rings. The van der Waals surface area contributed by atoms with E-state index in [1.54, 1.807) is 0 Å². The first-order valence-corrected chi connectivity index (χ1v) is 9.44. The van der Waals surface area contributed by atoms with Crippen molar-refractivity contribution >= 4 is 44.4 Å². The Hall–Kier alpha value is -0.860. The number of halogens is 2. The minimum absolute atomic E-state index is 0. The molecule has 0 atom stereocenters. The first kappa shape index (κ1) is 20.2. The molecule has 0 fully saturated rings. The maximum atomic E-state index is 10.8. The van der Waals surface area contributed by atoms with Crippen molar-refractivity contribution in [2.45, 2.75) is 39.8 Å². The molecule has 0 aliphatic carbocycles. The number of rotatable bonds is 6. The first-order valence-electron chi connectivity index (χ1n) is 7.07. The third-order valence-electron chi connectivity index (χ3n) is 3.73. The summed E-state index contributed by atoms with van der Waals surface area (Å²) < 4.78 is 34.6. The van der Waals surface area contributed by atoms with Crippen molar-refractivity contribution in [1.82, 2.24) is 4.57 Å². The van der Waals surface area contributed by atoms with E-state index < -0.39 is 10.1 Å². The number of hydrogen-bond donors (Lipinski definition) is 1. The van der Waals surface area contributed by atoms with Gasteiger partial charge in [-0.3, -0.25) is 4.55 Å². The van der Waals surface area contributed by atoms with Crippen LogP contribution < -0.4 is 4.57 Å². The van der Waals surface area contributed by atoms with Crippen LogP contribution in [0.3, 0.4) is 0 Å². The molecule has 0 spiro atoms. The van der Waals surface area contributed by atoms with Crippen molar-refractivity contribution in [1.29, 1.82) is 0 Å². The second-order valence-corrected chi connectivity index (χ2v) is 7.58. The Kier molecular flexibility index (Phi) is 6.85. The maximum absolute atomic E-state index is 10.8. The smallest absolute Gasteiger partial charge is 0.264 e. The fraction of sp³-hybridized carbons (Fsp3) is 0.500. The fourth-order valence-electron chi connectivity index (χ4n) is 2.69. The molecule has 0 saturated carbocycles. The van der Waals surface area contributed by atoms with Gasteiger partial charge < -0.3 is 5.48 Å². The van der Waals surface area contributed by atoms with E-state index >= 15 is 0 Å². The summed E-state index contributed by atoms with van der Waals surface area (Å²) in [6.45, 7) is 5.52. The van der Waals surface area contributed by atoms with Crippen LogP contribution in [-0.2, 0) is 23.2 Å². The lowest BCUT2D eigenvalue weighted by Crippen LogP contribution is -2.36. The van der Waals surface area contributed by atoms with E-state index in [9.17, 15) is 8.42 Å². The van der Waals surface area contributed by atoms with Crippen LogP contribution in [0, 0.1) is 6.92 Å². The van der Waals surface area contributed by atoms with Crippen molar-refractivity contribution in [3.8, 4) is 0 Å². The summed E-state index contributed by atoms with van der Waals surface area (Å²) in [4.78, 5) is 0. The number of aromatic nitrogens is 2. The molecule has 0 radical (unpaired) electrons. The van der Waals surface area contributed by atoms with Gasteiger partial charge in [0.2, 0.25) is 0 Å². The van der Waals surface area contributed by atoms with Gasteiger partial charge in [-0.1, -0.05) is 23.2 Å². The van der Waals surface area contributed by atoms with Gasteiger partial charge in [0.25, 0.3) is 15.9 Å². The quantitative estimate of drug-likeness (QED) is 0.471. The number of hydrogen-bond acceptors (Lipinski definition) is 3.